The standard InChI is InChI=1S/C10H11ClFNO5S/c1-18-5-8(10(14)15)13-19(16,17)9-3-2-6(12)4-7(9)11/h2-4,8,13H,5H2,1H3,(H,14,15). The highest BCUT2D eigenvalue weighted by Crippen LogP contribution is 2.22. The van der Waals surface area contributed by atoms with Crippen molar-refractivity contribution in [2.75, 3.05) is 13.7 Å². The topological polar surface area (TPSA) is 92.7 Å². The molecule has 0 aliphatic rings. The van der Waals surface area contributed by atoms with Crippen molar-refractivity contribution in [3.63, 3.8) is 0 Å². The number of aliphatic carboxylic acids is 1. The lowest BCUT2D eigenvalue weighted by Gasteiger charge is -2.14. The normalized spacial score (nSPS) is 13.2. The van der Waals surface area contributed by atoms with Crippen molar-refractivity contribution in [1.82, 2.24) is 4.72 Å². The van der Waals surface area contributed by atoms with Crippen LogP contribution in [-0.2, 0) is 19.6 Å². The summed E-state index contributed by atoms with van der Waals surface area (Å²) >= 11 is 5.62. The highest BCUT2D eigenvalue weighted by Gasteiger charge is 2.27. The Labute approximate surface area is 114 Å². The lowest BCUT2D eigenvalue weighted by Crippen LogP contribution is -2.43. The predicted octanol–water partition coefficient (Wildman–Crippen LogP) is 0.857. The van der Waals surface area contributed by atoms with Gasteiger partial charge in [-0.25, -0.2) is 12.8 Å². The number of sulfonamides is 1. The molecule has 0 fully saturated rings. The third-order valence-electron chi connectivity index (χ3n) is 2.11. The summed E-state index contributed by atoms with van der Waals surface area (Å²) in [6.07, 6.45) is 0. The van der Waals surface area contributed by atoms with E-state index in [0.717, 1.165) is 18.2 Å². The van der Waals surface area contributed by atoms with E-state index in [4.69, 9.17) is 16.7 Å². The Morgan fingerprint density at radius 1 is 1.58 bits per heavy atom. The number of halogens is 2. The molecule has 1 unspecified atom stereocenters. The number of nitrogens with one attached hydrogen (secondary N) is 1. The third kappa shape index (κ3) is 4.13. The molecule has 0 saturated carbocycles. The number of hydrogen-bond donors (Lipinski definition) is 2. The summed E-state index contributed by atoms with van der Waals surface area (Å²) < 4.78 is 43.2. The average Bonchev–Trinajstić information content (AvgIpc) is 2.27. The summed E-state index contributed by atoms with van der Waals surface area (Å²) in [7, 11) is -2.95. The molecule has 1 aromatic carbocycles. The van der Waals surface area contributed by atoms with Crippen LogP contribution in [0.3, 0.4) is 0 Å². The maximum atomic E-state index is 12.8. The molecule has 9 heteroatoms. The molecular formula is C10H11ClFNO5S. The van der Waals surface area contributed by atoms with Crippen molar-refractivity contribution < 1.29 is 27.4 Å². The second-order valence-electron chi connectivity index (χ2n) is 3.54. The Balaban J connectivity index is 3.06. The van der Waals surface area contributed by atoms with Crippen molar-refractivity contribution >= 4 is 27.6 Å². The zero-order valence-electron chi connectivity index (χ0n) is 9.76. The molecule has 1 rings (SSSR count). The number of carboxylic acid groups (broad SMARTS) is 1. The number of rotatable bonds is 6. The van der Waals surface area contributed by atoms with Crippen molar-refractivity contribution in [1.29, 1.82) is 0 Å². The van der Waals surface area contributed by atoms with E-state index in [9.17, 15) is 17.6 Å². The van der Waals surface area contributed by atoms with E-state index in [0.29, 0.717) is 0 Å². The fourth-order valence-electron chi connectivity index (χ4n) is 1.27. The summed E-state index contributed by atoms with van der Waals surface area (Å²) in [6.45, 7) is -0.354. The van der Waals surface area contributed by atoms with E-state index >= 15 is 0 Å². The first-order valence-corrected chi connectivity index (χ1v) is 6.83. The number of ether oxygens (including phenoxy) is 1. The predicted molar refractivity (Wildman–Crippen MR) is 65.0 cm³/mol. The molecule has 0 aliphatic carbocycles. The summed E-state index contributed by atoms with van der Waals surface area (Å²) in [5.41, 5.74) is 0. The molecule has 6 nitrogen and oxygen atoms in total. The molecule has 19 heavy (non-hydrogen) atoms. The minimum absolute atomic E-state index is 0.339. The van der Waals surface area contributed by atoms with E-state index < -0.39 is 32.7 Å². The van der Waals surface area contributed by atoms with Crippen LogP contribution in [0.15, 0.2) is 23.1 Å². The SMILES string of the molecule is COCC(NS(=O)(=O)c1ccc(F)cc1Cl)C(=O)O. The Kier molecular flexibility index (Phi) is 5.24. The zero-order chi connectivity index (χ0) is 14.6. The smallest absolute Gasteiger partial charge is 0.324 e. The highest BCUT2D eigenvalue weighted by atomic mass is 35.5. The Hall–Kier alpha value is -1.22. The van der Waals surface area contributed by atoms with E-state index in [-0.39, 0.29) is 11.6 Å². The summed E-state index contributed by atoms with van der Waals surface area (Å²) in [5.74, 6) is -2.10. The van der Waals surface area contributed by atoms with E-state index in [1.807, 2.05) is 4.72 Å². The van der Waals surface area contributed by atoms with Gasteiger partial charge in [0.25, 0.3) is 0 Å². The molecule has 0 bridgehead atoms. The van der Waals surface area contributed by atoms with Crippen LogP contribution >= 0.6 is 11.6 Å². The van der Waals surface area contributed by atoms with Crippen LogP contribution in [0.5, 0.6) is 0 Å². The third-order valence-corrected chi connectivity index (χ3v) is 4.07. The van der Waals surface area contributed by atoms with Crippen molar-refractivity contribution in [2.45, 2.75) is 10.9 Å². The first-order valence-electron chi connectivity index (χ1n) is 4.97. The summed E-state index contributed by atoms with van der Waals surface area (Å²) in [4.78, 5) is 10.4. The molecule has 0 radical (unpaired) electrons. The molecule has 0 aliphatic heterocycles. The largest absolute Gasteiger partial charge is 0.480 e. The van der Waals surface area contributed by atoms with Gasteiger partial charge in [0.2, 0.25) is 10.0 Å². The monoisotopic (exact) mass is 311 g/mol. The molecule has 0 amide bonds. The number of benzene rings is 1. The van der Waals surface area contributed by atoms with Gasteiger partial charge >= 0.3 is 5.97 Å². The molecule has 106 valence electrons. The number of carbonyl (C=O) groups is 1. The van der Waals surface area contributed by atoms with Crippen molar-refractivity contribution in [2.24, 2.45) is 0 Å². The van der Waals surface area contributed by atoms with Crippen LogP contribution < -0.4 is 4.72 Å². The molecule has 0 saturated heterocycles. The first-order chi connectivity index (χ1) is 8.77. The van der Waals surface area contributed by atoms with Gasteiger partial charge < -0.3 is 9.84 Å². The maximum absolute atomic E-state index is 12.8. The van der Waals surface area contributed by atoms with E-state index in [2.05, 4.69) is 4.74 Å². The van der Waals surface area contributed by atoms with Crippen molar-refractivity contribution in [3.05, 3.63) is 29.0 Å². The lowest BCUT2D eigenvalue weighted by molar-refractivity contribution is -0.140. The molecule has 2 N–H and O–H groups in total. The first kappa shape index (κ1) is 15.8. The van der Waals surface area contributed by atoms with Crippen LogP contribution in [0.2, 0.25) is 5.02 Å². The average molecular weight is 312 g/mol. The minimum Gasteiger partial charge on any atom is -0.480 e. The fourth-order valence-corrected chi connectivity index (χ4v) is 2.97. The Bertz CT molecular complexity index is 577. The number of carboxylic acids is 1. The zero-order valence-corrected chi connectivity index (χ0v) is 11.3. The minimum atomic E-state index is -4.18. The molecule has 1 atom stereocenters. The molecule has 0 spiro atoms. The maximum Gasteiger partial charge on any atom is 0.324 e. The van der Waals surface area contributed by atoms with Gasteiger partial charge in [-0.3, -0.25) is 4.79 Å². The molecule has 1 aromatic rings. The van der Waals surface area contributed by atoms with E-state index in [1.54, 1.807) is 0 Å². The van der Waals surface area contributed by atoms with Gasteiger partial charge in [-0.05, 0) is 18.2 Å². The molecule has 0 heterocycles. The van der Waals surface area contributed by atoms with Gasteiger partial charge in [0.05, 0.1) is 11.6 Å². The van der Waals surface area contributed by atoms with Crippen LogP contribution in [0.25, 0.3) is 0 Å². The Morgan fingerprint density at radius 2 is 2.21 bits per heavy atom. The quantitative estimate of drug-likeness (QED) is 0.812. The van der Waals surface area contributed by atoms with Gasteiger partial charge in [-0.1, -0.05) is 11.6 Å². The van der Waals surface area contributed by atoms with Gasteiger partial charge in [0.1, 0.15) is 16.8 Å². The Morgan fingerprint density at radius 3 is 2.68 bits per heavy atom. The van der Waals surface area contributed by atoms with Crippen LogP contribution in [0, 0.1) is 5.82 Å². The van der Waals surface area contributed by atoms with Gasteiger partial charge in [0.15, 0.2) is 0 Å². The molecule has 0 aromatic heterocycles. The highest BCUT2D eigenvalue weighted by molar-refractivity contribution is 7.89. The van der Waals surface area contributed by atoms with Gasteiger partial charge in [-0.2, -0.15) is 4.72 Å². The second kappa shape index (κ2) is 6.29. The second-order valence-corrected chi connectivity index (χ2v) is 5.63. The van der Waals surface area contributed by atoms with Crippen LogP contribution in [-0.4, -0.2) is 39.3 Å². The molecular weight excluding hydrogens is 301 g/mol. The van der Waals surface area contributed by atoms with Gasteiger partial charge in [-0.15, -0.1) is 0 Å². The lowest BCUT2D eigenvalue weighted by atomic mass is 10.3. The number of methoxy groups -OCH3 is 1. The fraction of sp³-hybridized carbons (Fsp3) is 0.300. The van der Waals surface area contributed by atoms with E-state index in [1.165, 1.54) is 7.11 Å². The number of hydrogen-bond acceptors (Lipinski definition) is 4. The van der Waals surface area contributed by atoms with Gasteiger partial charge in [0, 0.05) is 7.11 Å². The summed E-state index contributed by atoms with van der Waals surface area (Å²) in [5, 5.41) is 8.49. The van der Waals surface area contributed by atoms with Crippen LogP contribution in [0.1, 0.15) is 0 Å². The summed E-state index contributed by atoms with van der Waals surface area (Å²) in [6, 6.07) is 1.22. The van der Waals surface area contributed by atoms with Crippen molar-refractivity contribution in [3.8, 4) is 0 Å². The van der Waals surface area contributed by atoms with Crippen LogP contribution in [0.4, 0.5) is 4.39 Å².